The van der Waals surface area contributed by atoms with Gasteiger partial charge < -0.3 is 10.4 Å². The van der Waals surface area contributed by atoms with E-state index in [-0.39, 0.29) is 11.6 Å². The Labute approximate surface area is 160 Å². The standard InChI is InChI=1S/C17H16FN5O4S/c1-3-5-10-8-19-17(21-13(10)4-2)20-11-6-12(18)16(14(24)7-11)23-9-15(25)22-28(23,26)27/h3-8,24H,2,9H2,1H3,(H,22,25)(H,19,20,21)/b5-3-. The van der Waals surface area contributed by atoms with Crippen molar-refractivity contribution in [1.82, 2.24) is 14.7 Å². The molecule has 0 atom stereocenters. The van der Waals surface area contributed by atoms with E-state index in [4.69, 9.17) is 0 Å². The van der Waals surface area contributed by atoms with Gasteiger partial charge >= 0.3 is 10.2 Å². The number of halogens is 1. The van der Waals surface area contributed by atoms with Crippen LogP contribution in [0.4, 0.5) is 21.7 Å². The summed E-state index contributed by atoms with van der Waals surface area (Å²) in [4.78, 5) is 19.7. The van der Waals surface area contributed by atoms with Gasteiger partial charge in [0.05, 0.1) is 5.69 Å². The van der Waals surface area contributed by atoms with Gasteiger partial charge in [0.15, 0.2) is 5.82 Å². The van der Waals surface area contributed by atoms with E-state index in [2.05, 4.69) is 21.9 Å². The second-order valence-corrected chi connectivity index (χ2v) is 7.32. The SMILES string of the molecule is C=Cc1nc(Nc2cc(O)c(N3CC(=O)NS3(=O)=O)c(F)c2)ncc1/C=C\C. The van der Waals surface area contributed by atoms with Crippen LogP contribution in [0.25, 0.3) is 12.2 Å². The minimum atomic E-state index is -4.25. The van der Waals surface area contributed by atoms with Crippen LogP contribution in [0, 0.1) is 5.82 Å². The maximum atomic E-state index is 14.5. The lowest BCUT2D eigenvalue weighted by atomic mass is 10.2. The Hall–Kier alpha value is -3.47. The molecule has 0 unspecified atom stereocenters. The van der Waals surface area contributed by atoms with Crippen molar-refractivity contribution in [3.05, 3.63) is 48.1 Å². The van der Waals surface area contributed by atoms with Gasteiger partial charge in [-0.05, 0) is 19.1 Å². The molecule has 11 heteroatoms. The summed E-state index contributed by atoms with van der Waals surface area (Å²) in [5.74, 6) is -2.41. The molecule has 1 aromatic carbocycles. The van der Waals surface area contributed by atoms with E-state index in [9.17, 15) is 22.7 Å². The fraction of sp³-hybridized carbons (Fsp3) is 0.118. The topological polar surface area (TPSA) is 125 Å². The summed E-state index contributed by atoms with van der Waals surface area (Å²) >= 11 is 0. The molecule has 1 aliphatic rings. The number of benzene rings is 1. The van der Waals surface area contributed by atoms with Crippen LogP contribution in [0.15, 0.2) is 31.0 Å². The summed E-state index contributed by atoms with van der Waals surface area (Å²) in [5, 5.41) is 12.9. The number of rotatable bonds is 5. The van der Waals surface area contributed by atoms with Gasteiger partial charge in [0.2, 0.25) is 5.95 Å². The zero-order chi connectivity index (χ0) is 20.5. The van der Waals surface area contributed by atoms with E-state index >= 15 is 0 Å². The molecular weight excluding hydrogens is 389 g/mol. The molecule has 3 rings (SSSR count). The maximum absolute atomic E-state index is 14.5. The van der Waals surface area contributed by atoms with Gasteiger partial charge in [-0.3, -0.25) is 4.79 Å². The highest BCUT2D eigenvalue weighted by molar-refractivity contribution is 7.92. The van der Waals surface area contributed by atoms with Crippen molar-refractivity contribution in [1.29, 1.82) is 0 Å². The van der Waals surface area contributed by atoms with Gasteiger partial charge in [-0.25, -0.2) is 23.4 Å². The Kier molecular flexibility index (Phi) is 5.01. The van der Waals surface area contributed by atoms with Crippen molar-refractivity contribution >= 4 is 45.6 Å². The number of phenols is 1. The number of anilines is 3. The second-order valence-electron chi connectivity index (χ2n) is 5.73. The summed E-state index contributed by atoms with van der Waals surface area (Å²) in [6, 6.07) is 2.07. The Morgan fingerprint density at radius 1 is 1.43 bits per heavy atom. The molecule has 2 heterocycles. The van der Waals surface area contributed by atoms with Gasteiger partial charge in [-0.1, -0.05) is 18.7 Å². The first kappa shape index (κ1) is 19.3. The van der Waals surface area contributed by atoms with Crippen LogP contribution in [-0.4, -0.2) is 35.9 Å². The zero-order valence-electron chi connectivity index (χ0n) is 14.7. The number of carbonyl (C=O) groups excluding carboxylic acids is 1. The number of amides is 1. The van der Waals surface area contributed by atoms with Crippen LogP contribution in [0.1, 0.15) is 18.2 Å². The lowest BCUT2D eigenvalue weighted by molar-refractivity contribution is -0.117. The summed E-state index contributed by atoms with van der Waals surface area (Å²) in [6.45, 7) is 4.89. The molecule has 0 saturated carbocycles. The maximum Gasteiger partial charge on any atom is 0.326 e. The quantitative estimate of drug-likeness (QED) is 0.694. The highest BCUT2D eigenvalue weighted by Gasteiger charge is 2.37. The molecule has 1 fully saturated rings. The molecular formula is C17H16FN5O4S. The van der Waals surface area contributed by atoms with Crippen LogP contribution in [0.2, 0.25) is 0 Å². The fourth-order valence-corrected chi connectivity index (χ4v) is 3.79. The molecule has 2 aromatic rings. The number of aromatic hydroxyl groups is 1. The molecule has 1 aromatic heterocycles. The monoisotopic (exact) mass is 405 g/mol. The van der Waals surface area contributed by atoms with Gasteiger partial charge in [-0.15, -0.1) is 0 Å². The number of aromatic nitrogens is 2. The molecule has 0 spiro atoms. The number of hydrogen-bond acceptors (Lipinski definition) is 7. The fourth-order valence-electron chi connectivity index (χ4n) is 2.61. The third kappa shape index (κ3) is 3.64. The van der Waals surface area contributed by atoms with E-state index in [1.165, 1.54) is 6.08 Å². The Morgan fingerprint density at radius 2 is 2.18 bits per heavy atom. The summed E-state index contributed by atoms with van der Waals surface area (Å²) < 4.78 is 40.5. The second kappa shape index (κ2) is 7.27. The van der Waals surface area contributed by atoms with E-state index in [0.29, 0.717) is 10.00 Å². The average molecular weight is 405 g/mol. The largest absolute Gasteiger partial charge is 0.506 e. The van der Waals surface area contributed by atoms with Gasteiger partial charge in [0.25, 0.3) is 5.91 Å². The van der Waals surface area contributed by atoms with Gasteiger partial charge in [0.1, 0.15) is 18.0 Å². The van der Waals surface area contributed by atoms with Crippen LogP contribution < -0.4 is 14.3 Å². The number of carbonyl (C=O) groups is 1. The molecule has 1 saturated heterocycles. The van der Waals surface area contributed by atoms with Crippen molar-refractivity contribution in [2.24, 2.45) is 0 Å². The van der Waals surface area contributed by atoms with Gasteiger partial charge in [-0.2, -0.15) is 8.42 Å². The molecule has 0 radical (unpaired) electrons. The minimum absolute atomic E-state index is 0.0865. The third-order valence-corrected chi connectivity index (χ3v) is 5.13. The van der Waals surface area contributed by atoms with Crippen molar-refractivity contribution in [3.8, 4) is 5.75 Å². The van der Waals surface area contributed by atoms with Crippen LogP contribution in [0.3, 0.4) is 0 Å². The average Bonchev–Trinajstić information content (AvgIpc) is 2.88. The van der Waals surface area contributed by atoms with E-state index in [0.717, 1.165) is 17.7 Å². The lowest BCUT2D eigenvalue weighted by Gasteiger charge is -2.18. The summed E-state index contributed by atoms with van der Waals surface area (Å²) in [7, 11) is -4.25. The molecule has 0 bridgehead atoms. The van der Waals surface area contributed by atoms with E-state index in [1.54, 1.807) is 17.0 Å². The highest BCUT2D eigenvalue weighted by atomic mass is 32.2. The van der Waals surface area contributed by atoms with Gasteiger partial charge in [0, 0.05) is 23.5 Å². The molecule has 1 aliphatic heterocycles. The number of hydrogen-bond donors (Lipinski definition) is 3. The molecule has 9 nitrogen and oxygen atoms in total. The van der Waals surface area contributed by atoms with Crippen molar-refractivity contribution in [3.63, 3.8) is 0 Å². The van der Waals surface area contributed by atoms with Crippen LogP contribution in [0.5, 0.6) is 5.75 Å². The van der Waals surface area contributed by atoms with Crippen LogP contribution in [-0.2, 0) is 15.0 Å². The van der Waals surface area contributed by atoms with Crippen molar-refractivity contribution < 1.29 is 22.7 Å². The first-order chi connectivity index (χ1) is 13.2. The van der Waals surface area contributed by atoms with Crippen molar-refractivity contribution in [2.45, 2.75) is 6.92 Å². The van der Waals surface area contributed by atoms with Crippen LogP contribution >= 0.6 is 0 Å². The number of nitrogens with one attached hydrogen (secondary N) is 2. The Bertz CT molecular complexity index is 1080. The molecule has 3 N–H and O–H groups in total. The normalized spacial score (nSPS) is 15.6. The molecule has 1 amide bonds. The first-order valence-corrected chi connectivity index (χ1v) is 9.44. The zero-order valence-corrected chi connectivity index (χ0v) is 15.5. The number of phenolic OH excluding ortho intramolecular Hbond substituents is 1. The third-order valence-electron chi connectivity index (χ3n) is 3.76. The minimum Gasteiger partial charge on any atom is -0.506 e. The van der Waals surface area contributed by atoms with E-state index < -0.39 is 39.9 Å². The predicted octanol–water partition coefficient (Wildman–Crippen LogP) is 1.92. The Balaban J connectivity index is 1.94. The molecule has 28 heavy (non-hydrogen) atoms. The highest BCUT2D eigenvalue weighted by Crippen LogP contribution is 2.36. The summed E-state index contributed by atoms with van der Waals surface area (Å²) in [5.41, 5.74) is 0.747. The lowest BCUT2D eigenvalue weighted by Crippen LogP contribution is -2.30. The summed E-state index contributed by atoms with van der Waals surface area (Å²) in [6.07, 6.45) is 6.69. The molecule has 0 aliphatic carbocycles. The van der Waals surface area contributed by atoms with Crippen molar-refractivity contribution in [2.75, 3.05) is 16.2 Å². The predicted molar refractivity (Wildman–Crippen MR) is 103 cm³/mol. The molecule has 146 valence electrons. The smallest absolute Gasteiger partial charge is 0.326 e. The first-order valence-electron chi connectivity index (χ1n) is 8.00. The van der Waals surface area contributed by atoms with E-state index in [1.807, 2.05) is 13.0 Å². The Morgan fingerprint density at radius 3 is 2.75 bits per heavy atom. The number of allylic oxidation sites excluding steroid dienone is 1. The number of nitrogens with zero attached hydrogens (tertiary/aromatic N) is 3.